The predicted octanol–water partition coefficient (Wildman–Crippen LogP) is 4.16. The lowest BCUT2D eigenvalue weighted by Crippen LogP contribution is -2.41. The molecule has 1 heterocycles. The van der Waals surface area contributed by atoms with Gasteiger partial charge < -0.3 is 19.3 Å². The van der Waals surface area contributed by atoms with Crippen molar-refractivity contribution in [3.05, 3.63) is 53.1 Å². The Morgan fingerprint density at radius 2 is 1.70 bits per heavy atom. The number of aliphatic carboxylic acids is 1. The highest BCUT2D eigenvalue weighted by molar-refractivity contribution is 5.70. The summed E-state index contributed by atoms with van der Waals surface area (Å²) in [6, 6.07) is 12.4. The fourth-order valence-corrected chi connectivity index (χ4v) is 4.25. The number of ether oxygens (including phenoxy) is 3. The highest BCUT2D eigenvalue weighted by atomic mass is 16.5. The first-order valence-electron chi connectivity index (χ1n) is 10.4. The van der Waals surface area contributed by atoms with Gasteiger partial charge in [0, 0.05) is 6.54 Å². The van der Waals surface area contributed by atoms with E-state index in [9.17, 15) is 9.90 Å². The van der Waals surface area contributed by atoms with E-state index in [2.05, 4.69) is 36.1 Å². The van der Waals surface area contributed by atoms with E-state index in [-0.39, 0.29) is 12.0 Å². The molecule has 162 valence electrons. The lowest BCUT2D eigenvalue weighted by molar-refractivity contribution is -0.143. The first-order chi connectivity index (χ1) is 14.5. The van der Waals surface area contributed by atoms with Crippen molar-refractivity contribution in [3.8, 4) is 17.2 Å². The van der Waals surface area contributed by atoms with E-state index in [1.165, 1.54) is 5.56 Å². The lowest BCUT2D eigenvalue weighted by Gasteiger charge is -2.38. The van der Waals surface area contributed by atoms with E-state index >= 15 is 0 Å². The molecule has 2 unspecified atom stereocenters. The minimum Gasteiger partial charge on any atom is -0.493 e. The van der Waals surface area contributed by atoms with Gasteiger partial charge in [-0.2, -0.15) is 0 Å². The van der Waals surface area contributed by atoms with Crippen LogP contribution < -0.4 is 14.2 Å². The molecule has 0 aromatic heterocycles. The zero-order chi connectivity index (χ0) is 21.7. The van der Waals surface area contributed by atoms with Gasteiger partial charge >= 0.3 is 5.97 Å². The molecule has 2 aromatic rings. The number of hydrogen-bond acceptors (Lipinski definition) is 5. The number of benzene rings is 2. The minimum atomic E-state index is -0.732. The molecule has 2 aromatic carbocycles. The van der Waals surface area contributed by atoms with Gasteiger partial charge in [0.2, 0.25) is 5.75 Å². The Morgan fingerprint density at radius 1 is 1.07 bits per heavy atom. The number of aryl methyl sites for hydroxylation is 1. The molecule has 3 rings (SSSR count). The van der Waals surface area contributed by atoms with E-state index in [1.807, 2.05) is 12.1 Å². The van der Waals surface area contributed by atoms with Crippen molar-refractivity contribution in [3.63, 3.8) is 0 Å². The average Bonchev–Trinajstić information content (AvgIpc) is 2.79. The van der Waals surface area contributed by atoms with Crippen molar-refractivity contribution < 1.29 is 24.1 Å². The summed E-state index contributed by atoms with van der Waals surface area (Å²) in [6.45, 7) is 3.47. The van der Waals surface area contributed by atoms with Crippen molar-refractivity contribution in [2.24, 2.45) is 5.92 Å². The molecule has 1 saturated heterocycles. The Labute approximate surface area is 178 Å². The van der Waals surface area contributed by atoms with Crippen molar-refractivity contribution in [1.82, 2.24) is 4.90 Å². The number of likely N-dealkylation sites (tertiary alicyclic amines) is 1. The monoisotopic (exact) mass is 413 g/mol. The molecule has 1 aliphatic rings. The molecule has 1 aliphatic heterocycles. The van der Waals surface area contributed by atoms with E-state index in [0.29, 0.717) is 30.2 Å². The zero-order valence-corrected chi connectivity index (χ0v) is 18.2. The zero-order valence-electron chi connectivity index (χ0n) is 18.2. The Hall–Kier alpha value is -2.73. The number of nitrogens with zero attached hydrogens (tertiary/aromatic N) is 1. The van der Waals surface area contributed by atoms with E-state index in [1.54, 1.807) is 21.3 Å². The standard InChI is InChI=1S/C24H31NO5/c1-5-16-8-10-17(11-9-16)22(25-12-6-7-18(15-25)24(26)27)19-13-20(28-2)23(30-4)21(14-19)29-3/h8-11,13-14,18,22H,5-7,12,15H2,1-4H3,(H,26,27). The molecule has 0 amide bonds. The number of piperidine rings is 1. The van der Waals surface area contributed by atoms with Crippen LogP contribution in [-0.2, 0) is 11.2 Å². The average molecular weight is 414 g/mol. The third-order valence-corrected chi connectivity index (χ3v) is 5.87. The summed E-state index contributed by atoms with van der Waals surface area (Å²) in [5, 5.41) is 9.60. The van der Waals surface area contributed by atoms with Gasteiger partial charge in [0.25, 0.3) is 0 Å². The van der Waals surface area contributed by atoms with Crippen LogP contribution >= 0.6 is 0 Å². The van der Waals surface area contributed by atoms with Crippen molar-refractivity contribution in [1.29, 1.82) is 0 Å². The normalized spacial score (nSPS) is 17.9. The number of carbonyl (C=O) groups is 1. The minimum absolute atomic E-state index is 0.105. The van der Waals surface area contributed by atoms with Gasteiger partial charge in [0.05, 0.1) is 33.3 Å². The van der Waals surface area contributed by atoms with Gasteiger partial charge in [-0.25, -0.2) is 0 Å². The molecule has 1 fully saturated rings. The van der Waals surface area contributed by atoms with E-state index < -0.39 is 5.97 Å². The summed E-state index contributed by atoms with van der Waals surface area (Å²) >= 11 is 0. The second-order valence-electron chi connectivity index (χ2n) is 7.63. The van der Waals surface area contributed by atoms with Crippen LogP contribution in [0.4, 0.5) is 0 Å². The van der Waals surface area contributed by atoms with Crippen LogP contribution in [0.1, 0.15) is 42.5 Å². The predicted molar refractivity (Wildman–Crippen MR) is 116 cm³/mol. The van der Waals surface area contributed by atoms with Crippen LogP contribution in [0.2, 0.25) is 0 Å². The lowest BCUT2D eigenvalue weighted by atomic mass is 9.90. The summed E-state index contributed by atoms with van der Waals surface area (Å²) in [5.41, 5.74) is 3.37. The molecule has 0 saturated carbocycles. The van der Waals surface area contributed by atoms with Gasteiger partial charge in [0.1, 0.15) is 0 Å². The second kappa shape index (κ2) is 9.85. The molecule has 6 heteroatoms. The molecule has 30 heavy (non-hydrogen) atoms. The SMILES string of the molecule is CCc1ccc(C(c2cc(OC)c(OC)c(OC)c2)N2CCCC(C(=O)O)C2)cc1. The van der Waals surface area contributed by atoms with Gasteiger partial charge in [-0.3, -0.25) is 9.69 Å². The maximum Gasteiger partial charge on any atom is 0.307 e. The van der Waals surface area contributed by atoms with Crippen LogP contribution in [0.15, 0.2) is 36.4 Å². The first kappa shape index (κ1) is 22.0. The van der Waals surface area contributed by atoms with Crippen LogP contribution in [-0.4, -0.2) is 50.4 Å². The van der Waals surface area contributed by atoms with Gasteiger partial charge in [0.15, 0.2) is 11.5 Å². The molecular formula is C24H31NO5. The maximum atomic E-state index is 11.7. The van der Waals surface area contributed by atoms with Gasteiger partial charge in [-0.15, -0.1) is 0 Å². The van der Waals surface area contributed by atoms with Crippen LogP contribution in [0.3, 0.4) is 0 Å². The third kappa shape index (κ3) is 4.54. The van der Waals surface area contributed by atoms with E-state index in [4.69, 9.17) is 14.2 Å². The molecule has 6 nitrogen and oxygen atoms in total. The highest BCUT2D eigenvalue weighted by Gasteiger charge is 2.32. The molecule has 1 N–H and O–H groups in total. The number of rotatable bonds is 8. The highest BCUT2D eigenvalue weighted by Crippen LogP contribution is 2.43. The summed E-state index contributed by atoms with van der Waals surface area (Å²) in [6.07, 6.45) is 2.54. The van der Waals surface area contributed by atoms with E-state index in [0.717, 1.165) is 30.5 Å². The summed E-state index contributed by atoms with van der Waals surface area (Å²) in [5.74, 6) is 0.636. The molecule has 2 atom stereocenters. The van der Waals surface area contributed by atoms with Crippen LogP contribution in [0.5, 0.6) is 17.2 Å². The Kier molecular flexibility index (Phi) is 7.21. The van der Waals surface area contributed by atoms with Gasteiger partial charge in [-0.05, 0) is 54.6 Å². The Morgan fingerprint density at radius 3 is 2.20 bits per heavy atom. The summed E-state index contributed by atoms with van der Waals surface area (Å²) in [7, 11) is 4.80. The largest absolute Gasteiger partial charge is 0.493 e. The smallest absolute Gasteiger partial charge is 0.307 e. The fourth-order valence-electron chi connectivity index (χ4n) is 4.25. The molecule has 0 radical (unpaired) electrons. The summed E-state index contributed by atoms with van der Waals surface area (Å²) < 4.78 is 16.6. The molecule has 0 bridgehead atoms. The fraction of sp³-hybridized carbons (Fsp3) is 0.458. The number of carboxylic acids is 1. The molecule has 0 spiro atoms. The van der Waals surface area contributed by atoms with Crippen LogP contribution in [0.25, 0.3) is 0 Å². The first-order valence-corrected chi connectivity index (χ1v) is 10.4. The van der Waals surface area contributed by atoms with Crippen molar-refractivity contribution >= 4 is 5.97 Å². The number of hydrogen-bond donors (Lipinski definition) is 1. The Bertz CT molecular complexity index is 839. The van der Waals surface area contributed by atoms with Gasteiger partial charge in [-0.1, -0.05) is 31.2 Å². The number of methoxy groups -OCH3 is 3. The quantitative estimate of drug-likeness (QED) is 0.701. The number of carboxylic acid groups (broad SMARTS) is 1. The van der Waals surface area contributed by atoms with Crippen molar-refractivity contribution in [2.75, 3.05) is 34.4 Å². The Balaban J connectivity index is 2.10. The molecular weight excluding hydrogens is 382 g/mol. The third-order valence-electron chi connectivity index (χ3n) is 5.87. The molecule has 0 aliphatic carbocycles. The summed E-state index contributed by atoms with van der Waals surface area (Å²) in [4.78, 5) is 13.9. The van der Waals surface area contributed by atoms with Crippen LogP contribution in [0, 0.1) is 5.92 Å². The topological polar surface area (TPSA) is 68.2 Å². The van der Waals surface area contributed by atoms with Crippen molar-refractivity contribution in [2.45, 2.75) is 32.2 Å². The second-order valence-corrected chi connectivity index (χ2v) is 7.63. The maximum absolute atomic E-state index is 11.7.